The molecule has 0 saturated carbocycles. The average Bonchev–Trinajstić information content (AvgIpc) is 2.93. The van der Waals surface area contributed by atoms with Gasteiger partial charge >= 0.3 is 12.0 Å². The Balaban J connectivity index is 1.96. The second-order valence-corrected chi connectivity index (χ2v) is 9.84. The molecular formula is C30H34N6O3. The number of carbonyl (C=O) groups excluding carboxylic acids is 2. The highest BCUT2D eigenvalue weighted by Crippen LogP contribution is 2.15. The van der Waals surface area contributed by atoms with Gasteiger partial charge in [0.05, 0.1) is 5.71 Å². The van der Waals surface area contributed by atoms with Crippen molar-refractivity contribution in [2.45, 2.75) is 45.3 Å². The summed E-state index contributed by atoms with van der Waals surface area (Å²) in [5, 5.41) is 12.5. The van der Waals surface area contributed by atoms with Crippen molar-refractivity contribution >= 4 is 17.7 Å². The molecule has 202 valence electrons. The SMILES string of the molecule is CC(C)(C)OC(=O)[C@@H](Cc1ccccc1)NC(=O)N(CCCN=[N+]=[N-])N=C(c1ccccc1)c1ccccc1. The van der Waals surface area contributed by atoms with Gasteiger partial charge in [-0.05, 0) is 38.3 Å². The minimum Gasteiger partial charge on any atom is -0.458 e. The molecule has 0 saturated heterocycles. The Bertz CT molecular complexity index is 1240. The first kappa shape index (κ1) is 28.9. The van der Waals surface area contributed by atoms with Crippen LogP contribution < -0.4 is 5.32 Å². The molecule has 9 nitrogen and oxygen atoms in total. The van der Waals surface area contributed by atoms with E-state index in [0.29, 0.717) is 12.1 Å². The van der Waals surface area contributed by atoms with Crippen LogP contribution in [0.5, 0.6) is 0 Å². The molecule has 0 spiro atoms. The van der Waals surface area contributed by atoms with Crippen molar-refractivity contribution in [1.82, 2.24) is 10.3 Å². The van der Waals surface area contributed by atoms with Crippen LogP contribution >= 0.6 is 0 Å². The summed E-state index contributed by atoms with van der Waals surface area (Å²) in [6.07, 6.45) is 0.635. The van der Waals surface area contributed by atoms with Gasteiger partial charge in [-0.15, -0.1) is 0 Å². The van der Waals surface area contributed by atoms with E-state index in [9.17, 15) is 9.59 Å². The molecule has 0 fully saturated rings. The number of esters is 1. The first-order valence-electron chi connectivity index (χ1n) is 12.8. The van der Waals surface area contributed by atoms with Crippen molar-refractivity contribution in [2.24, 2.45) is 10.2 Å². The van der Waals surface area contributed by atoms with Crippen LogP contribution in [-0.4, -0.2) is 47.5 Å². The summed E-state index contributed by atoms with van der Waals surface area (Å²) >= 11 is 0. The second-order valence-electron chi connectivity index (χ2n) is 9.84. The zero-order valence-electron chi connectivity index (χ0n) is 22.5. The Morgan fingerprint density at radius 2 is 1.46 bits per heavy atom. The predicted octanol–water partition coefficient (Wildman–Crippen LogP) is 6.10. The molecule has 0 unspecified atom stereocenters. The van der Waals surface area contributed by atoms with Gasteiger partial charge in [0.25, 0.3) is 0 Å². The largest absolute Gasteiger partial charge is 0.458 e. The lowest BCUT2D eigenvalue weighted by Crippen LogP contribution is -2.49. The highest BCUT2D eigenvalue weighted by atomic mass is 16.6. The maximum absolute atomic E-state index is 13.7. The van der Waals surface area contributed by atoms with E-state index < -0.39 is 23.6 Å². The Hall–Kier alpha value is -4.62. The summed E-state index contributed by atoms with van der Waals surface area (Å²) < 4.78 is 5.62. The standard InChI is InChI=1S/C30H34N6O3/c1-30(2,3)39-28(37)26(22-23-14-7-4-8-15-23)33-29(38)36(21-13-20-32-35-31)34-27(24-16-9-5-10-17-24)25-18-11-6-12-19-25/h4-12,14-19,26H,13,20-22H2,1-3H3,(H,33,38)/t26-/m1/s1. The van der Waals surface area contributed by atoms with E-state index in [-0.39, 0.29) is 19.5 Å². The van der Waals surface area contributed by atoms with Crippen LogP contribution in [0.4, 0.5) is 4.79 Å². The number of ether oxygens (including phenoxy) is 1. The minimum absolute atomic E-state index is 0.167. The Morgan fingerprint density at radius 1 is 0.923 bits per heavy atom. The highest BCUT2D eigenvalue weighted by Gasteiger charge is 2.29. The van der Waals surface area contributed by atoms with Crippen molar-refractivity contribution in [3.8, 4) is 0 Å². The van der Waals surface area contributed by atoms with E-state index in [1.165, 1.54) is 5.01 Å². The zero-order chi connectivity index (χ0) is 28.1. The molecule has 0 heterocycles. The van der Waals surface area contributed by atoms with Crippen LogP contribution in [0, 0.1) is 0 Å². The van der Waals surface area contributed by atoms with E-state index in [1.54, 1.807) is 20.8 Å². The van der Waals surface area contributed by atoms with Gasteiger partial charge in [-0.25, -0.2) is 14.6 Å². The van der Waals surface area contributed by atoms with E-state index >= 15 is 0 Å². The van der Waals surface area contributed by atoms with E-state index in [4.69, 9.17) is 15.4 Å². The van der Waals surface area contributed by atoms with Crippen molar-refractivity contribution in [1.29, 1.82) is 0 Å². The monoisotopic (exact) mass is 526 g/mol. The van der Waals surface area contributed by atoms with Gasteiger partial charge in [0.1, 0.15) is 11.6 Å². The molecule has 3 aromatic carbocycles. The Kier molecular flexibility index (Phi) is 10.7. The third-order valence-corrected chi connectivity index (χ3v) is 5.51. The van der Waals surface area contributed by atoms with E-state index in [1.807, 2.05) is 91.0 Å². The maximum Gasteiger partial charge on any atom is 0.338 e. The van der Waals surface area contributed by atoms with Crippen LogP contribution in [0.15, 0.2) is 101 Å². The Morgan fingerprint density at radius 3 is 1.97 bits per heavy atom. The van der Waals surface area contributed by atoms with Crippen molar-refractivity contribution in [2.75, 3.05) is 13.1 Å². The minimum atomic E-state index is -0.939. The number of urea groups is 1. The predicted molar refractivity (Wildman–Crippen MR) is 152 cm³/mol. The molecule has 39 heavy (non-hydrogen) atoms. The molecule has 9 heteroatoms. The van der Waals surface area contributed by atoms with Gasteiger partial charge in [-0.2, -0.15) is 5.10 Å². The van der Waals surface area contributed by atoms with Gasteiger partial charge < -0.3 is 10.1 Å². The number of hydrogen-bond donors (Lipinski definition) is 1. The number of hydrogen-bond acceptors (Lipinski definition) is 5. The second kappa shape index (κ2) is 14.4. The zero-order valence-corrected chi connectivity index (χ0v) is 22.5. The van der Waals surface area contributed by atoms with Crippen molar-refractivity contribution in [3.63, 3.8) is 0 Å². The van der Waals surface area contributed by atoms with Gasteiger partial charge in [0, 0.05) is 35.5 Å². The number of amides is 2. The lowest BCUT2D eigenvalue weighted by atomic mass is 10.0. The van der Waals surface area contributed by atoms with E-state index in [0.717, 1.165) is 16.7 Å². The molecule has 0 radical (unpaired) electrons. The molecule has 0 bridgehead atoms. The van der Waals surface area contributed by atoms with Gasteiger partial charge in [0.2, 0.25) is 0 Å². The summed E-state index contributed by atoms with van der Waals surface area (Å²) in [5.74, 6) is -0.538. The van der Waals surface area contributed by atoms with Crippen LogP contribution in [0.3, 0.4) is 0 Å². The third kappa shape index (κ3) is 9.64. The quantitative estimate of drug-likeness (QED) is 0.0618. The first-order valence-corrected chi connectivity index (χ1v) is 12.8. The lowest BCUT2D eigenvalue weighted by Gasteiger charge is -2.27. The summed E-state index contributed by atoms with van der Waals surface area (Å²) in [6.45, 7) is 5.71. The number of azide groups is 1. The highest BCUT2D eigenvalue weighted by molar-refractivity contribution is 6.13. The lowest BCUT2D eigenvalue weighted by molar-refractivity contribution is -0.157. The third-order valence-electron chi connectivity index (χ3n) is 5.51. The summed E-state index contributed by atoms with van der Waals surface area (Å²) in [7, 11) is 0. The topological polar surface area (TPSA) is 120 Å². The molecule has 0 aromatic heterocycles. The number of hydrazone groups is 1. The summed E-state index contributed by atoms with van der Waals surface area (Å²) in [4.78, 5) is 29.6. The average molecular weight is 527 g/mol. The number of carbonyl (C=O) groups is 2. The number of nitrogens with one attached hydrogen (secondary N) is 1. The van der Waals surface area contributed by atoms with Crippen LogP contribution in [0.25, 0.3) is 10.4 Å². The number of nitrogens with zero attached hydrogens (tertiary/aromatic N) is 5. The first-order chi connectivity index (χ1) is 18.8. The van der Waals surface area contributed by atoms with Crippen LogP contribution in [0.1, 0.15) is 43.9 Å². The smallest absolute Gasteiger partial charge is 0.338 e. The molecule has 3 rings (SSSR count). The van der Waals surface area contributed by atoms with Gasteiger partial charge in [0.15, 0.2) is 0 Å². The molecule has 3 aromatic rings. The molecular weight excluding hydrogens is 492 g/mol. The van der Waals surface area contributed by atoms with Crippen molar-refractivity contribution < 1.29 is 14.3 Å². The summed E-state index contributed by atoms with van der Waals surface area (Å²) in [6, 6.07) is 27.0. The van der Waals surface area contributed by atoms with Gasteiger partial charge in [-0.1, -0.05) is 96.1 Å². The fraction of sp³-hybridized carbons (Fsp3) is 0.300. The Labute approximate surface area is 229 Å². The maximum atomic E-state index is 13.7. The molecule has 1 atom stereocenters. The van der Waals surface area contributed by atoms with Crippen LogP contribution in [0.2, 0.25) is 0 Å². The molecule has 0 aliphatic heterocycles. The number of rotatable bonds is 11. The molecule has 0 aliphatic carbocycles. The van der Waals surface area contributed by atoms with E-state index in [2.05, 4.69) is 15.3 Å². The molecule has 0 aliphatic rings. The molecule has 2 amide bonds. The molecule has 1 N–H and O–H groups in total. The normalized spacial score (nSPS) is 11.5. The fourth-order valence-electron chi connectivity index (χ4n) is 3.77. The van der Waals surface area contributed by atoms with Crippen molar-refractivity contribution in [3.05, 3.63) is 118 Å². The number of benzene rings is 3. The summed E-state index contributed by atoms with van der Waals surface area (Å²) in [5.41, 5.74) is 11.1. The van der Waals surface area contributed by atoms with Gasteiger partial charge in [-0.3, -0.25) is 0 Å². The van der Waals surface area contributed by atoms with Crippen LogP contribution in [-0.2, 0) is 16.0 Å². The fourth-order valence-corrected chi connectivity index (χ4v) is 3.77.